The molecule has 1 aliphatic heterocycles. The average Bonchev–Trinajstić information content (AvgIpc) is 2.86. The summed E-state index contributed by atoms with van der Waals surface area (Å²) in [6.45, 7) is 0. The highest BCUT2D eigenvalue weighted by atomic mass is 16.2. The van der Waals surface area contributed by atoms with Crippen molar-refractivity contribution in [1.82, 2.24) is 0 Å². The van der Waals surface area contributed by atoms with Gasteiger partial charge in [0.2, 0.25) is 11.8 Å². The quantitative estimate of drug-likeness (QED) is 0.646. The summed E-state index contributed by atoms with van der Waals surface area (Å²) in [6, 6.07) is 16.9. The highest BCUT2D eigenvalue weighted by molar-refractivity contribution is 6.22. The number of nitrogens with zero attached hydrogens (tertiary/aromatic N) is 1. The predicted molar refractivity (Wildman–Crippen MR) is 89.5 cm³/mol. The number of imide groups is 1. The molecule has 0 saturated carbocycles. The van der Waals surface area contributed by atoms with E-state index in [0.717, 1.165) is 17.4 Å². The number of hydrogen-bond donors (Lipinski definition) is 0. The van der Waals surface area contributed by atoms with Gasteiger partial charge < -0.3 is 4.79 Å². The van der Waals surface area contributed by atoms with Crippen molar-refractivity contribution in [3.63, 3.8) is 0 Å². The second-order valence-corrected chi connectivity index (χ2v) is 6.39. The van der Waals surface area contributed by atoms with Crippen LogP contribution in [0.2, 0.25) is 0 Å². The summed E-state index contributed by atoms with van der Waals surface area (Å²) in [5.41, 5.74) is 2.71. The standard InChI is InChI=1S/C20H17NO3/c22-11-10-16-15-9-5-4-6-13(15)12-17-18(16)20(24)21(19(17)23)14-7-2-1-3-8-14/h1-9,11,16-18H,10,12H2/t16-,17+,18-/m1/s1. The lowest BCUT2D eigenvalue weighted by atomic mass is 9.69. The molecule has 1 aliphatic carbocycles. The fourth-order valence-corrected chi connectivity index (χ4v) is 4.14. The van der Waals surface area contributed by atoms with Crippen LogP contribution in [0.25, 0.3) is 0 Å². The van der Waals surface area contributed by atoms with Crippen LogP contribution in [0.1, 0.15) is 23.5 Å². The van der Waals surface area contributed by atoms with Gasteiger partial charge >= 0.3 is 0 Å². The summed E-state index contributed by atoms with van der Waals surface area (Å²) in [4.78, 5) is 38.5. The Labute approximate surface area is 140 Å². The minimum atomic E-state index is -0.446. The Morgan fingerprint density at radius 3 is 2.42 bits per heavy atom. The van der Waals surface area contributed by atoms with Crippen molar-refractivity contribution < 1.29 is 14.4 Å². The van der Waals surface area contributed by atoms with Crippen LogP contribution >= 0.6 is 0 Å². The SMILES string of the molecule is O=CC[C@@H]1c2ccccc2C[C@@H]2C(=O)N(c3ccccc3)C(=O)[C@@H]21. The molecule has 1 saturated heterocycles. The van der Waals surface area contributed by atoms with E-state index in [1.165, 1.54) is 4.90 Å². The monoisotopic (exact) mass is 319 g/mol. The van der Waals surface area contributed by atoms with Crippen LogP contribution in [0.15, 0.2) is 54.6 Å². The number of carbonyl (C=O) groups excluding carboxylic acids is 3. The summed E-state index contributed by atoms with van der Waals surface area (Å²) in [6.07, 6.45) is 1.68. The Kier molecular flexibility index (Phi) is 3.53. The first-order chi connectivity index (χ1) is 11.7. The van der Waals surface area contributed by atoms with Crippen molar-refractivity contribution in [2.45, 2.75) is 18.8 Å². The molecule has 2 aromatic carbocycles. The lowest BCUT2D eigenvalue weighted by Crippen LogP contribution is -2.32. The number of para-hydroxylation sites is 1. The zero-order valence-electron chi connectivity index (χ0n) is 13.1. The van der Waals surface area contributed by atoms with E-state index in [4.69, 9.17) is 0 Å². The third-order valence-electron chi connectivity index (χ3n) is 5.17. The lowest BCUT2D eigenvalue weighted by Gasteiger charge is -2.31. The molecule has 0 spiro atoms. The highest BCUT2D eigenvalue weighted by Gasteiger charge is 2.53. The minimum Gasteiger partial charge on any atom is -0.303 e. The molecule has 0 bridgehead atoms. The molecule has 0 aromatic heterocycles. The van der Waals surface area contributed by atoms with Crippen LogP contribution in [-0.4, -0.2) is 18.1 Å². The summed E-state index contributed by atoms with van der Waals surface area (Å²) < 4.78 is 0. The van der Waals surface area contributed by atoms with E-state index in [1.54, 1.807) is 12.1 Å². The van der Waals surface area contributed by atoms with E-state index in [0.29, 0.717) is 12.1 Å². The van der Waals surface area contributed by atoms with Crippen LogP contribution in [0.5, 0.6) is 0 Å². The molecule has 4 rings (SSSR count). The molecule has 4 heteroatoms. The third kappa shape index (κ3) is 2.10. The predicted octanol–water partition coefficient (Wildman–Crippen LogP) is 2.72. The second-order valence-electron chi connectivity index (χ2n) is 6.39. The fourth-order valence-electron chi connectivity index (χ4n) is 4.14. The van der Waals surface area contributed by atoms with Gasteiger partial charge in [-0.1, -0.05) is 42.5 Å². The number of amides is 2. The van der Waals surface area contributed by atoms with Crippen LogP contribution < -0.4 is 4.90 Å². The lowest BCUT2D eigenvalue weighted by molar-refractivity contribution is -0.122. The summed E-state index contributed by atoms with van der Waals surface area (Å²) in [5, 5.41) is 0. The van der Waals surface area contributed by atoms with E-state index in [2.05, 4.69) is 0 Å². The Morgan fingerprint density at radius 1 is 0.958 bits per heavy atom. The molecular weight excluding hydrogens is 302 g/mol. The van der Waals surface area contributed by atoms with Gasteiger partial charge in [0, 0.05) is 12.3 Å². The van der Waals surface area contributed by atoms with Crippen LogP contribution in [0.4, 0.5) is 5.69 Å². The Balaban J connectivity index is 1.80. The van der Waals surface area contributed by atoms with E-state index >= 15 is 0 Å². The van der Waals surface area contributed by atoms with Crippen LogP contribution in [0, 0.1) is 11.8 Å². The Hall–Kier alpha value is -2.75. The van der Waals surface area contributed by atoms with Gasteiger partial charge in [0.15, 0.2) is 0 Å². The van der Waals surface area contributed by atoms with Gasteiger partial charge in [-0.15, -0.1) is 0 Å². The zero-order valence-corrected chi connectivity index (χ0v) is 13.1. The molecule has 1 heterocycles. The van der Waals surface area contributed by atoms with E-state index in [1.807, 2.05) is 42.5 Å². The second kappa shape index (κ2) is 5.71. The number of anilines is 1. The van der Waals surface area contributed by atoms with Crippen molar-refractivity contribution in [3.05, 3.63) is 65.7 Å². The molecule has 3 atom stereocenters. The number of carbonyl (C=O) groups is 3. The highest BCUT2D eigenvalue weighted by Crippen LogP contribution is 2.47. The number of fused-ring (bicyclic) bond motifs is 2. The molecule has 24 heavy (non-hydrogen) atoms. The third-order valence-corrected chi connectivity index (χ3v) is 5.17. The molecule has 0 N–H and O–H groups in total. The molecule has 1 fully saturated rings. The maximum absolute atomic E-state index is 13.0. The molecule has 2 aliphatic rings. The zero-order chi connectivity index (χ0) is 16.7. The molecule has 2 amide bonds. The maximum atomic E-state index is 13.0. The van der Waals surface area contributed by atoms with Crippen molar-refractivity contribution >= 4 is 23.8 Å². The molecular formula is C20H17NO3. The van der Waals surface area contributed by atoms with Gasteiger partial charge in [0.05, 0.1) is 17.5 Å². The van der Waals surface area contributed by atoms with Gasteiger partial charge in [0.25, 0.3) is 0 Å². The summed E-state index contributed by atoms with van der Waals surface area (Å²) in [5.74, 6) is -1.38. The first-order valence-electron chi connectivity index (χ1n) is 8.16. The Morgan fingerprint density at radius 2 is 1.67 bits per heavy atom. The molecule has 4 nitrogen and oxygen atoms in total. The summed E-state index contributed by atoms with van der Waals surface area (Å²) in [7, 11) is 0. The van der Waals surface area contributed by atoms with Crippen LogP contribution in [-0.2, 0) is 20.8 Å². The van der Waals surface area contributed by atoms with Gasteiger partial charge in [-0.05, 0) is 29.7 Å². The normalized spacial score (nSPS) is 25.3. The number of aldehydes is 1. The Bertz CT molecular complexity index is 815. The van der Waals surface area contributed by atoms with Crippen molar-refractivity contribution in [2.75, 3.05) is 4.90 Å². The molecule has 0 unspecified atom stereocenters. The fraction of sp³-hybridized carbons (Fsp3) is 0.250. The first kappa shape index (κ1) is 14.8. The van der Waals surface area contributed by atoms with Crippen molar-refractivity contribution in [3.8, 4) is 0 Å². The van der Waals surface area contributed by atoms with Crippen LogP contribution in [0.3, 0.4) is 0 Å². The van der Waals surface area contributed by atoms with E-state index in [-0.39, 0.29) is 30.1 Å². The van der Waals surface area contributed by atoms with Gasteiger partial charge in [0.1, 0.15) is 6.29 Å². The molecule has 2 aromatic rings. The molecule has 0 radical (unpaired) electrons. The average molecular weight is 319 g/mol. The van der Waals surface area contributed by atoms with Crippen molar-refractivity contribution in [1.29, 1.82) is 0 Å². The number of hydrogen-bond acceptors (Lipinski definition) is 3. The largest absolute Gasteiger partial charge is 0.303 e. The molecule has 120 valence electrons. The van der Waals surface area contributed by atoms with Crippen molar-refractivity contribution in [2.24, 2.45) is 11.8 Å². The van der Waals surface area contributed by atoms with Gasteiger partial charge in [-0.25, -0.2) is 0 Å². The smallest absolute Gasteiger partial charge is 0.238 e. The minimum absolute atomic E-state index is 0.151. The maximum Gasteiger partial charge on any atom is 0.238 e. The van der Waals surface area contributed by atoms with Gasteiger partial charge in [-0.2, -0.15) is 0 Å². The topological polar surface area (TPSA) is 54.5 Å². The van der Waals surface area contributed by atoms with E-state index < -0.39 is 5.92 Å². The number of benzene rings is 2. The first-order valence-corrected chi connectivity index (χ1v) is 8.16. The van der Waals surface area contributed by atoms with E-state index in [9.17, 15) is 14.4 Å². The summed E-state index contributed by atoms with van der Waals surface area (Å²) >= 11 is 0. The van der Waals surface area contributed by atoms with Gasteiger partial charge in [-0.3, -0.25) is 14.5 Å². The number of rotatable bonds is 3.